The number of nitrogens with zero attached hydrogens (tertiary/aromatic N) is 1. The molecule has 1 unspecified atom stereocenters. The van der Waals surface area contributed by atoms with Gasteiger partial charge in [-0.2, -0.15) is 0 Å². The maximum atomic E-state index is 4.69. The summed E-state index contributed by atoms with van der Waals surface area (Å²) in [7, 11) is 0. The van der Waals surface area contributed by atoms with Gasteiger partial charge in [-0.25, -0.2) is 4.98 Å². The fourth-order valence-corrected chi connectivity index (χ4v) is 2.53. The Hall–Kier alpha value is -0.870. The third kappa shape index (κ3) is 2.69. The van der Waals surface area contributed by atoms with E-state index in [1.165, 1.54) is 5.56 Å². The number of halogens is 1. The van der Waals surface area contributed by atoms with Crippen LogP contribution in [0, 0.1) is 6.92 Å². The largest absolute Gasteiger partial charge is 0.342 e. The highest BCUT2D eigenvalue weighted by Crippen LogP contribution is 2.24. The van der Waals surface area contributed by atoms with Crippen LogP contribution in [0.4, 0.5) is 0 Å². The van der Waals surface area contributed by atoms with Gasteiger partial charge < -0.3 is 10.3 Å². The molecule has 0 radical (unpaired) electrons. The highest BCUT2D eigenvalue weighted by molar-refractivity contribution is 9.10. The van der Waals surface area contributed by atoms with E-state index in [4.69, 9.17) is 0 Å². The quantitative estimate of drug-likeness (QED) is 0.908. The lowest BCUT2D eigenvalue weighted by Crippen LogP contribution is -2.20. The van der Waals surface area contributed by atoms with Crippen molar-refractivity contribution in [2.75, 3.05) is 13.1 Å². The number of likely N-dealkylation sites (N-methyl/N-ethyl adjacent to an activating group) is 1. The molecule has 2 rings (SSSR count). The predicted molar refractivity (Wildman–Crippen MR) is 75.5 cm³/mol. The standard InChI is InChI=1S/C13H18BrN3/c1-4-15-7-9(3)13-16-11-6-10(14)5-8(2)12(11)17-13/h5-6,9,15H,4,7H2,1-3H3,(H,16,17). The summed E-state index contributed by atoms with van der Waals surface area (Å²) in [4.78, 5) is 8.09. The van der Waals surface area contributed by atoms with Crippen molar-refractivity contribution in [1.82, 2.24) is 15.3 Å². The summed E-state index contributed by atoms with van der Waals surface area (Å²) in [6, 6.07) is 4.18. The van der Waals surface area contributed by atoms with Crippen LogP contribution in [-0.4, -0.2) is 23.1 Å². The molecule has 1 heterocycles. The number of hydrogen-bond donors (Lipinski definition) is 2. The first-order valence-corrected chi connectivity index (χ1v) is 6.77. The van der Waals surface area contributed by atoms with Gasteiger partial charge >= 0.3 is 0 Å². The molecular weight excluding hydrogens is 278 g/mol. The fraction of sp³-hybridized carbons (Fsp3) is 0.462. The molecule has 92 valence electrons. The number of aryl methyl sites for hydroxylation is 1. The van der Waals surface area contributed by atoms with Crippen LogP contribution in [0.2, 0.25) is 0 Å². The van der Waals surface area contributed by atoms with Crippen molar-refractivity contribution in [2.45, 2.75) is 26.7 Å². The number of hydrogen-bond acceptors (Lipinski definition) is 2. The smallest absolute Gasteiger partial charge is 0.111 e. The molecule has 1 aromatic heterocycles. The zero-order chi connectivity index (χ0) is 12.4. The first-order chi connectivity index (χ1) is 8.11. The van der Waals surface area contributed by atoms with Crippen molar-refractivity contribution in [3.05, 3.63) is 28.0 Å². The number of imidazole rings is 1. The summed E-state index contributed by atoms with van der Waals surface area (Å²) >= 11 is 3.51. The maximum Gasteiger partial charge on any atom is 0.111 e. The first-order valence-electron chi connectivity index (χ1n) is 5.98. The molecule has 0 saturated carbocycles. The molecule has 0 fully saturated rings. The minimum Gasteiger partial charge on any atom is -0.342 e. The van der Waals surface area contributed by atoms with Crippen LogP contribution >= 0.6 is 15.9 Å². The molecule has 2 N–H and O–H groups in total. The molecule has 0 bridgehead atoms. The van der Waals surface area contributed by atoms with Crippen LogP contribution in [-0.2, 0) is 0 Å². The van der Waals surface area contributed by atoms with Crippen molar-refractivity contribution in [1.29, 1.82) is 0 Å². The molecule has 1 aromatic carbocycles. The van der Waals surface area contributed by atoms with E-state index in [1.807, 2.05) is 0 Å². The molecule has 3 nitrogen and oxygen atoms in total. The van der Waals surface area contributed by atoms with Gasteiger partial charge in [-0.1, -0.05) is 29.8 Å². The lowest BCUT2D eigenvalue weighted by atomic mass is 10.2. The fourth-order valence-electron chi connectivity index (χ4n) is 1.96. The van der Waals surface area contributed by atoms with Crippen molar-refractivity contribution < 1.29 is 0 Å². The summed E-state index contributed by atoms with van der Waals surface area (Å²) in [5.41, 5.74) is 3.38. The van der Waals surface area contributed by atoms with Crippen molar-refractivity contribution >= 4 is 27.0 Å². The summed E-state index contributed by atoms with van der Waals surface area (Å²) in [5.74, 6) is 1.46. The van der Waals surface area contributed by atoms with E-state index in [0.717, 1.165) is 34.4 Å². The monoisotopic (exact) mass is 295 g/mol. The van der Waals surface area contributed by atoms with Crippen molar-refractivity contribution in [3.8, 4) is 0 Å². The second kappa shape index (κ2) is 5.19. The summed E-state index contributed by atoms with van der Waals surface area (Å²) in [6.07, 6.45) is 0. The number of aromatic nitrogens is 2. The van der Waals surface area contributed by atoms with Crippen LogP contribution in [0.25, 0.3) is 11.0 Å². The summed E-state index contributed by atoms with van der Waals surface area (Å²) in [6.45, 7) is 8.34. The molecular formula is C13H18BrN3. The van der Waals surface area contributed by atoms with E-state index < -0.39 is 0 Å². The van der Waals surface area contributed by atoms with Gasteiger partial charge in [0.2, 0.25) is 0 Å². The molecule has 4 heteroatoms. The first kappa shape index (κ1) is 12.6. The van der Waals surface area contributed by atoms with Gasteiger partial charge in [0.25, 0.3) is 0 Å². The molecule has 0 aliphatic carbocycles. The second-order valence-electron chi connectivity index (χ2n) is 4.45. The van der Waals surface area contributed by atoms with E-state index in [-0.39, 0.29) is 0 Å². The maximum absolute atomic E-state index is 4.69. The number of nitrogens with one attached hydrogen (secondary N) is 2. The van der Waals surface area contributed by atoms with E-state index in [9.17, 15) is 0 Å². The van der Waals surface area contributed by atoms with Gasteiger partial charge in [0, 0.05) is 16.9 Å². The highest BCUT2D eigenvalue weighted by atomic mass is 79.9. The van der Waals surface area contributed by atoms with Gasteiger partial charge in [-0.05, 0) is 31.2 Å². The van der Waals surface area contributed by atoms with Crippen molar-refractivity contribution in [3.63, 3.8) is 0 Å². The average molecular weight is 296 g/mol. The Kier molecular flexibility index (Phi) is 3.84. The summed E-state index contributed by atoms with van der Waals surface area (Å²) < 4.78 is 1.09. The van der Waals surface area contributed by atoms with Gasteiger partial charge in [-0.3, -0.25) is 0 Å². The van der Waals surface area contributed by atoms with Gasteiger partial charge in [0.1, 0.15) is 5.82 Å². The van der Waals surface area contributed by atoms with E-state index in [1.54, 1.807) is 0 Å². The third-order valence-corrected chi connectivity index (χ3v) is 3.39. The topological polar surface area (TPSA) is 40.7 Å². The molecule has 17 heavy (non-hydrogen) atoms. The Morgan fingerprint density at radius 3 is 2.94 bits per heavy atom. The van der Waals surface area contributed by atoms with Crippen molar-refractivity contribution in [2.24, 2.45) is 0 Å². The van der Waals surface area contributed by atoms with Gasteiger partial charge in [-0.15, -0.1) is 0 Å². The number of benzene rings is 1. The normalized spacial score (nSPS) is 13.2. The Morgan fingerprint density at radius 2 is 2.24 bits per heavy atom. The van der Waals surface area contributed by atoms with Crippen LogP contribution in [0.5, 0.6) is 0 Å². The lowest BCUT2D eigenvalue weighted by Gasteiger charge is -2.07. The van der Waals surface area contributed by atoms with E-state index in [2.05, 4.69) is 64.1 Å². The van der Waals surface area contributed by atoms with Crippen LogP contribution in [0.15, 0.2) is 16.6 Å². The average Bonchev–Trinajstić information content (AvgIpc) is 2.69. The molecule has 0 aliphatic heterocycles. The Bertz CT molecular complexity index is 519. The predicted octanol–water partition coefficient (Wildman–Crippen LogP) is 3.35. The van der Waals surface area contributed by atoms with Crippen LogP contribution in [0.1, 0.15) is 31.2 Å². The third-order valence-electron chi connectivity index (χ3n) is 2.93. The zero-order valence-corrected chi connectivity index (χ0v) is 12.1. The zero-order valence-electron chi connectivity index (χ0n) is 10.5. The SMILES string of the molecule is CCNCC(C)c1nc2c(C)cc(Br)cc2[nH]1. The Morgan fingerprint density at radius 1 is 1.47 bits per heavy atom. The molecule has 2 aromatic rings. The van der Waals surface area contributed by atoms with Gasteiger partial charge in [0.15, 0.2) is 0 Å². The molecule has 0 aliphatic rings. The van der Waals surface area contributed by atoms with E-state index in [0.29, 0.717) is 5.92 Å². The van der Waals surface area contributed by atoms with E-state index >= 15 is 0 Å². The number of fused-ring (bicyclic) bond motifs is 1. The molecule has 0 amide bonds. The van der Waals surface area contributed by atoms with Gasteiger partial charge in [0.05, 0.1) is 11.0 Å². The minimum atomic E-state index is 0.403. The van der Waals surface area contributed by atoms with Crippen LogP contribution < -0.4 is 5.32 Å². The molecule has 0 spiro atoms. The highest BCUT2D eigenvalue weighted by Gasteiger charge is 2.11. The minimum absolute atomic E-state index is 0.403. The molecule has 1 atom stereocenters. The number of rotatable bonds is 4. The Balaban J connectivity index is 2.34. The Labute approximate surface area is 110 Å². The second-order valence-corrected chi connectivity index (χ2v) is 5.37. The van der Waals surface area contributed by atoms with Crippen LogP contribution in [0.3, 0.4) is 0 Å². The molecule has 0 saturated heterocycles. The lowest BCUT2D eigenvalue weighted by molar-refractivity contribution is 0.614. The number of H-pyrrole nitrogens is 1. The number of aromatic amines is 1. The summed E-state index contributed by atoms with van der Waals surface area (Å²) in [5, 5.41) is 3.35.